The highest BCUT2D eigenvalue weighted by Gasteiger charge is 2.12. The van der Waals surface area contributed by atoms with Crippen LogP contribution in [-0.4, -0.2) is 12.5 Å². The van der Waals surface area contributed by atoms with Gasteiger partial charge in [-0.05, 0) is 73.0 Å². The van der Waals surface area contributed by atoms with E-state index in [0.717, 1.165) is 11.1 Å². The summed E-state index contributed by atoms with van der Waals surface area (Å²) in [6, 6.07) is 32.3. The third kappa shape index (κ3) is 7.98. The van der Waals surface area contributed by atoms with Gasteiger partial charge in [0.2, 0.25) is 0 Å². The molecule has 0 fully saturated rings. The van der Waals surface area contributed by atoms with Crippen LogP contribution < -0.4 is 19.5 Å². The lowest BCUT2D eigenvalue weighted by Crippen LogP contribution is -2.13. The second kappa shape index (κ2) is 13.5. The van der Waals surface area contributed by atoms with Crippen molar-refractivity contribution in [3.05, 3.63) is 125 Å². The van der Waals surface area contributed by atoms with Crippen molar-refractivity contribution < 1.29 is 19.0 Å². The van der Waals surface area contributed by atoms with E-state index in [-0.39, 0.29) is 5.57 Å². The Labute approximate surface area is 229 Å². The lowest BCUT2D eigenvalue weighted by molar-refractivity contribution is -0.112. The van der Waals surface area contributed by atoms with E-state index in [2.05, 4.69) is 5.32 Å². The molecule has 0 aliphatic heterocycles. The largest absolute Gasteiger partial charge is 0.490 e. The number of nitriles is 1. The zero-order valence-corrected chi connectivity index (χ0v) is 22.0. The van der Waals surface area contributed by atoms with Gasteiger partial charge in [-0.1, -0.05) is 66.2 Å². The van der Waals surface area contributed by atoms with Crippen LogP contribution in [0.1, 0.15) is 29.2 Å². The van der Waals surface area contributed by atoms with Crippen molar-refractivity contribution in [1.82, 2.24) is 0 Å². The first-order valence-electron chi connectivity index (χ1n) is 12.7. The van der Waals surface area contributed by atoms with Crippen molar-refractivity contribution >= 4 is 17.7 Å². The monoisotopic (exact) mass is 518 g/mol. The number of carbonyl (C=O) groups is 1. The average Bonchev–Trinajstić information content (AvgIpc) is 2.96. The summed E-state index contributed by atoms with van der Waals surface area (Å²) in [6.07, 6.45) is 1.53. The summed E-state index contributed by atoms with van der Waals surface area (Å²) in [5, 5.41) is 12.4. The molecule has 4 aromatic rings. The maximum atomic E-state index is 12.8. The summed E-state index contributed by atoms with van der Waals surface area (Å²) in [5.41, 5.74) is 4.48. The van der Waals surface area contributed by atoms with Crippen molar-refractivity contribution in [3.63, 3.8) is 0 Å². The molecule has 0 saturated carbocycles. The molecule has 6 nitrogen and oxygen atoms in total. The number of benzene rings is 4. The molecular weight excluding hydrogens is 488 g/mol. The molecule has 0 radical (unpaired) electrons. The molecule has 0 atom stereocenters. The first-order chi connectivity index (χ1) is 19.0. The fraction of sp³-hybridized carbons (Fsp3) is 0.152. The van der Waals surface area contributed by atoms with Crippen molar-refractivity contribution in [2.45, 2.75) is 27.1 Å². The van der Waals surface area contributed by atoms with E-state index >= 15 is 0 Å². The highest BCUT2D eigenvalue weighted by Crippen LogP contribution is 2.30. The minimum Gasteiger partial charge on any atom is -0.490 e. The van der Waals surface area contributed by atoms with Crippen LogP contribution in [0.15, 0.2) is 103 Å². The molecule has 1 amide bonds. The minimum absolute atomic E-state index is 0.0322. The van der Waals surface area contributed by atoms with Gasteiger partial charge in [0.05, 0.1) is 6.61 Å². The lowest BCUT2D eigenvalue weighted by atomic mass is 10.1. The molecule has 0 spiro atoms. The Morgan fingerprint density at radius 2 is 1.51 bits per heavy atom. The Morgan fingerprint density at radius 3 is 2.21 bits per heavy atom. The van der Waals surface area contributed by atoms with Crippen molar-refractivity contribution in [2.75, 3.05) is 11.9 Å². The van der Waals surface area contributed by atoms with Gasteiger partial charge in [-0.15, -0.1) is 0 Å². The number of nitrogens with zero attached hydrogens (tertiary/aromatic N) is 1. The number of amides is 1. The van der Waals surface area contributed by atoms with Gasteiger partial charge in [0.15, 0.2) is 11.5 Å². The van der Waals surface area contributed by atoms with Gasteiger partial charge in [0, 0.05) is 5.69 Å². The topological polar surface area (TPSA) is 80.6 Å². The Balaban J connectivity index is 1.40. The zero-order chi connectivity index (χ0) is 27.5. The number of aryl methyl sites for hydroxylation is 1. The normalized spacial score (nSPS) is 10.8. The number of nitrogens with one attached hydrogen (secondary N) is 1. The first-order valence-corrected chi connectivity index (χ1v) is 12.7. The third-order valence-electron chi connectivity index (χ3n) is 5.82. The Bertz CT molecular complexity index is 1450. The van der Waals surface area contributed by atoms with Crippen LogP contribution >= 0.6 is 0 Å². The van der Waals surface area contributed by atoms with Crippen molar-refractivity contribution in [2.24, 2.45) is 0 Å². The molecule has 0 aliphatic carbocycles. The van der Waals surface area contributed by atoms with E-state index in [1.165, 1.54) is 11.6 Å². The standard InChI is InChI=1S/C33H30N2O4/c1-3-37-32-20-27(13-18-31(32)39-23-26-11-9-24(2)10-12-26)19-28(21-34)33(36)35-29-14-16-30(17-15-29)38-22-25-7-5-4-6-8-25/h4-20H,3,22-23H2,1-2H3,(H,35,36)/b28-19+. The number of rotatable bonds is 11. The molecule has 0 aliphatic rings. The third-order valence-corrected chi connectivity index (χ3v) is 5.82. The molecule has 4 aromatic carbocycles. The molecule has 4 rings (SSSR count). The molecule has 1 N–H and O–H groups in total. The van der Waals surface area contributed by atoms with E-state index < -0.39 is 5.91 Å². The number of hydrogen-bond donors (Lipinski definition) is 1. The van der Waals surface area contributed by atoms with E-state index in [1.807, 2.05) is 74.5 Å². The summed E-state index contributed by atoms with van der Waals surface area (Å²) in [6.45, 7) is 5.23. The highest BCUT2D eigenvalue weighted by molar-refractivity contribution is 6.09. The Kier molecular flexibility index (Phi) is 9.36. The maximum Gasteiger partial charge on any atom is 0.266 e. The molecule has 196 valence electrons. The highest BCUT2D eigenvalue weighted by atomic mass is 16.5. The molecule has 0 bridgehead atoms. The fourth-order valence-electron chi connectivity index (χ4n) is 3.74. The van der Waals surface area contributed by atoms with Gasteiger partial charge in [0.25, 0.3) is 5.91 Å². The van der Waals surface area contributed by atoms with Crippen LogP contribution in [0.3, 0.4) is 0 Å². The molecule has 6 heteroatoms. The van der Waals surface area contributed by atoms with Gasteiger partial charge in [-0.3, -0.25) is 4.79 Å². The number of hydrogen-bond acceptors (Lipinski definition) is 5. The van der Waals surface area contributed by atoms with Gasteiger partial charge >= 0.3 is 0 Å². The van der Waals surface area contributed by atoms with Crippen LogP contribution in [0, 0.1) is 18.3 Å². The molecule has 0 heterocycles. The first kappa shape index (κ1) is 27.0. The predicted molar refractivity (Wildman–Crippen MR) is 153 cm³/mol. The second-order valence-corrected chi connectivity index (χ2v) is 8.84. The molecular formula is C33H30N2O4. The quantitative estimate of drug-likeness (QED) is 0.169. The van der Waals surface area contributed by atoms with Gasteiger partial charge in [-0.2, -0.15) is 5.26 Å². The van der Waals surface area contributed by atoms with Gasteiger partial charge in [-0.25, -0.2) is 0 Å². The SMILES string of the molecule is CCOc1cc(/C=C(\C#N)C(=O)Nc2ccc(OCc3ccccc3)cc2)ccc1OCc1ccc(C)cc1. The number of ether oxygens (including phenoxy) is 3. The maximum absolute atomic E-state index is 12.8. The van der Waals surface area contributed by atoms with Gasteiger partial charge < -0.3 is 19.5 Å². The van der Waals surface area contributed by atoms with Crippen LogP contribution in [0.5, 0.6) is 17.2 Å². The molecule has 0 unspecified atom stereocenters. The molecule has 39 heavy (non-hydrogen) atoms. The Hall–Kier alpha value is -5.02. The van der Waals surface area contributed by atoms with Crippen molar-refractivity contribution in [1.29, 1.82) is 5.26 Å². The summed E-state index contributed by atoms with van der Waals surface area (Å²) >= 11 is 0. The van der Waals surface area contributed by atoms with Gasteiger partial charge in [0.1, 0.15) is 30.6 Å². The molecule has 0 aromatic heterocycles. The zero-order valence-electron chi connectivity index (χ0n) is 22.0. The summed E-state index contributed by atoms with van der Waals surface area (Å²) in [5.74, 6) is 1.31. The van der Waals surface area contributed by atoms with Crippen LogP contribution in [0.4, 0.5) is 5.69 Å². The smallest absolute Gasteiger partial charge is 0.266 e. The van der Waals surface area contributed by atoms with Crippen LogP contribution in [0.2, 0.25) is 0 Å². The van der Waals surface area contributed by atoms with Crippen LogP contribution in [0.25, 0.3) is 6.08 Å². The Morgan fingerprint density at radius 1 is 0.821 bits per heavy atom. The summed E-state index contributed by atoms with van der Waals surface area (Å²) in [4.78, 5) is 12.8. The fourth-order valence-corrected chi connectivity index (χ4v) is 3.74. The lowest BCUT2D eigenvalue weighted by Gasteiger charge is -2.13. The van der Waals surface area contributed by atoms with E-state index in [9.17, 15) is 10.1 Å². The van der Waals surface area contributed by atoms with Crippen LogP contribution in [-0.2, 0) is 18.0 Å². The number of anilines is 1. The van der Waals surface area contributed by atoms with E-state index in [1.54, 1.807) is 42.5 Å². The molecule has 0 saturated heterocycles. The van der Waals surface area contributed by atoms with E-state index in [4.69, 9.17) is 14.2 Å². The second-order valence-electron chi connectivity index (χ2n) is 8.84. The summed E-state index contributed by atoms with van der Waals surface area (Å²) in [7, 11) is 0. The van der Waals surface area contributed by atoms with Crippen molar-refractivity contribution in [3.8, 4) is 23.3 Å². The predicted octanol–water partition coefficient (Wildman–Crippen LogP) is 7.10. The van der Waals surface area contributed by atoms with E-state index in [0.29, 0.717) is 48.3 Å². The minimum atomic E-state index is -0.506. The average molecular weight is 519 g/mol. The number of carbonyl (C=O) groups excluding carboxylic acids is 1. The summed E-state index contributed by atoms with van der Waals surface area (Å²) < 4.78 is 17.5.